The molecule has 6 heteroatoms. The number of hydrogen-bond acceptors (Lipinski definition) is 4. The quantitative estimate of drug-likeness (QED) is 0.368. The Morgan fingerprint density at radius 3 is 2.73 bits per heavy atom. The van der Waals surface area contributed by atoms with Gasteiger partial charge in [0.25, 0.3) is 0 Å². The molecule has 1 saturated carbocycles. The molecule has 1 aromatic rings. The molecule has 1 aliphatic carbocycles. The normalized spacial score (nSPS) is 15.1. The van der Waals surface area contributed by atoms with Gasteiger partial charge in [-0.25, -0.2) is 0 Å². The largest absolute Gasteiger partial charge is 0.497 e. The summed E-state index contributed by atoms with van der Waals surface area (Å²) in [5.41, 5.74) is 1.13. The molecule has 2 rings (SSSR count). The lowest BCUT2D eigenvalue weighted by Gasteiger charge is -2.19. The molecule has 0 unspecified atom stereocenters. The van der Waals surface area contributed by atoms with Crippen LogP contribution in [0.5, 0.6) is 11.5 Å². The van der Waals surface area contributed by atoms with E-state index in [4.69, 9.17) is 9.47 Å². The van der Waals surface area contributed by atoms with E-state index in [0.717, 1.165) is 48.8 Å². The van der Waals surface area contributed by atoms with Crippen LogP contribution in [-0.4, -0.2) is 44.8 Å². The minimum Gasteiger partial charge on any atom is -0.497 e. The van der Waals surface area contributed by atoms with Crippen molar-refractivity contribution >= 4 is 17.7 Å². The fourth-order valence-corrected chi connectivity index (χ4v) is 3.57. The zero-order valence-electron chi connectivity index (χ0n) is 16.3. The van der Waals surface area contributed by atoms with Crippen LogP contribution in [0.2, 0.25) is 0 Å². The van der Waals surface area contributed by atoms with Gasteiger partial charge in [0.2, 0.25) is 0 Å². The standard InChI is InChI=1S/C20H33N3O2S/c1-21-20(22-12-6-7-13-26-3)23-15-16-10-11-18(24-2)14-19(16)25-17-8-4-5-9-17/h10-11,14,17H,4-9,12-13,15H2,1-3H3,(H2,21,22,23). The molecule has 0 spiro atoms. The average molecular weight is 380 g/mol. The number of hydrogen-bond donors (Lipinski definition) is 2. The molecule has 146 valence electrons. The molecule has 26 heavy (non-hydrogen) atoms. The highest BCUT2D eigenvalue weighted by Gasteiger charge is 2.18. The molecule has 0 aliphatic heterocycles. The number of ether oxygens (including phenoxy) is 2. The van der Waals surface area contributed by atoms with E-state index in [1.807, 2.05) is 23.9 Å². The van der Waals surface area contributed by atoms with Crippen LogP contribution in [0.15, 0.2) is 23.2 Å². The molecule has 0 radical (unpaired) electrons. The zero-order valence-corrected chi connectivity index (χ0v) is 17.2. The summed E-state index contributed by atoms with van der Waals surface area (Å²) >= 11 is 1.89. The van der Waals surface area contributed by atoms with Crippen molar-refractivity contribution in [2.45, 2.75) is 51.2 Å². The van der Waals surface area contributed by atoms with Gasteiger partial charge in [0.1, 0.15) is 11.5 Å². The summed E-state index contributed by atoms with van der Waals surface area (Å²) in [6, 6.07) is 6.05. The van der Waals surface area contributed by atoms with Crippen LogP contribution in [-0.2, 0) is 6.54 Å². The second kappa shape index (κ2) is 11.9. The number of guanidine groups is 1. The van der Waals surface area contributed by atoms with E-state index in [2.05, 4.69) is 27.9 Å². The van der Waals surface area contributed by atoms with Crippen molar-refractivity contribution < 1.29 is 9.47 Å². The molecule has 0 atom stereocenters. The van der Waals surface area contributed by atoms with E-state index < -0.39 is 0 Å². The number of unbranched alkanes of at least 4 members (excludes halogenated alkanes) is 1. The van der Waals surface area contributed by atoms with Crippen molar-refractivity contribution in [2.24, 2.45) is 4.99 Å². The molecule has 0 aromatic heterocycles. The first-order valence-corrected chi connectivity index (χ1v) is 10.9. The second-order valence-corrected chi connectivity index (χ2v) is 7.54. The summed E-state index contributed by atoms with van der Waals surface area (Å²) in [5, 5.41) is 6.77. The zero-order chi connectivity index (χ0) is 18.6. The van der Waals surface area contributed by atoms with E-state index in [0.29, 0.717) is 12.6 Å². The van der Waals surface area contributed by atoms with Crippen LogP contribution in [0.4, 0.5) is 0 Å². The predicted molar refractivity (Wildman–Crippen MR) is 112 cm³/mol. The maximum atomic E-state index is 6.26. The number of rotatable bonds is 10. The number of nitrogens with zero attached hydrogens (tertiary/aromatic N) is 1. The van der Waals surface area contributed by atoms with Crippen molar-refractivity contribution in [2.75, 3.05) is 32.7 Å². The van der Waals surface area contributed by atoms with Crippen molar-refractivity contribution in [1.29, 1.82) is 0 Å². The summed E-state index contributed by atoms with van der Waals surface area (Å²) in [6.07, 6.45) is 9.66. The topological polar surface area (TPSA) is 54.9 Å². The number of methoxy groups -OCH3 is 1. The number of benzene rings is 1. The Labute approximate surface area is 162 Å². The molecule has 0 bridgehead atoms. The smallest absolute Gasteiger partial charge is 0.191 e. The lowest BCUT2D eigenvalue weighted by Crippen LogP contribution is -2.37. The van der Waals surface area contributed by atoms with E-state index >= 15 is 0 Å². The molecule has 0 saturated heterocycles. The van der Waals surface area contributed by atoms with Gasteiger partial charge in [-0.15, -0.1) is 0 Å². The fourth-order valence-electron chi connectivity index (χ4n) is 3.08. The highest BCUT2D eigenvalue weighted by Crippen LogP contribution is 2.29. The highest BCUT2D eigenvalue weighted by molar-refractivity contribution is 7.98. The van der Waals surface area contributed by atoms with E-state index in [1.54, 1.807) is 14.2 Å². The number of thioether (sulfide) groups is 1. The Kier molecular flexibility index (Phi) is 9.53. The molecule has 1 aromatic carbocycles. The summed E-state index contributed by atoms with van der Waals surface area (Å²) in [4.78, 5) is 4.31. The minimum absolute atomic E-state index is 0.328. The monoisotopic (exact) mass is 379 g/mol. The van der Waals surface area contributed by atoms with Crippen molar-refractivity contribution in [3.05, 3.63) is 23.8 Å². The fraction of sp³-hybridized carbons (Fsp3) is 0.650. The van der Waals surface area contributed by atoms with Crippen molar-refractivity contribution in [1.82, 2.24) is 10.6 Å². The Balaban J connectivity index is 1.89. The number of nitrogens with one attached hydrogen (secondary N) is 2. The van der Waals surface area contributed by atoms with Crippen LogP contribution in [0.1, 0.15) is 44.1 Å². The third-order valence-electron chi connectivity index (χ3n) is 4.61. The van der Waals surface area contributed by atoms with Crippen LogP contribution in [0.25, 0.3) is 0 Å². The molecule has 1 aliphatic rings. The van der Waals surface area contributed by atoms with Crippen LogP contribution in [0, 0.1) is 0 Å². The van der Waals surface area contributed by atoms with E-state index in [9.17, 15) is 0 Å². The van der Waals surface area contributed by atoms with Crippen LogP contribution in [0.3, 0.4) is 0 Å². The molecule has 1 fully saturated rings. The van der Waals surface area contributed by atoms with Gasteiger partial charge < -0.3 is 20.1 Å². The summed E-state index contributed by atoms with van der Waals surface area (Å²) in [6.45, 7) is 1.62. The first-order chi connectivity index (χ1) is 12.8. The van der Waals surface area contributed by atoms with Crippen LogP contribution < -0.4 is 20.1 Å². The summed E-state index contributed by atoms with van der Waals surface area (Å²) in [7, 11) is 3.50. The Bertz CT molecular complexity index is 560. The molecule has 2 N–H and O–H groups in total. The van der Waals surface area contributed by atoms with Gasteiger partial charge in [0.15, 0.2) is 5.96 Å². The van der Waals surface area contributed by atoms with Crippen LogP contribution >= 0.6 is 11.8 Å². The summed E-state index contributed by atoms with van der Waals surface area (Å²) < 4.78 is 11.6. The first-order valence-electron chi connectivity index (χ1n) is 9.54. The average Bonchev–Trinajstić information content (AvgIpc) is 3.17. The number of aliphatic imine (C=N–C) groups is 1. The lowest BCUT2D eigenvalue weighted by molar-refractivity contribution is 0.207. The van der Waals surface area contributed by atoms with Crippen molar-refractivity contribution in [3.63, 3.8) is 0 Å². The Morgan fingerprint density at radius 2 is 2.04 bits per heavy atom. The minimum atomic E-state index is 0.328. The maximum Gasteiger partial charge on any atom is 0.191 e. The van der Waals surface area contributed by atoms with E-state index in [-0.39, 0.29) is 0 Å². The molecule has 0 amide bonds. The Morgan fingerprint density at radius 1 is 1.23 bits per heavy atom. The lowest BCUT2D eigenvalue weighted by atomic mass is 10.2. The van der Waals surface area contributed by atoms with Gasteiger partial charge in [-0.05, 0) is 62.7 Å². The third kappa shape index (κ3) is 6.98. The highest BCUT2D eigenvalue weighted by atomic mass is 32.2. The van der Waals surface area contributed by atoms with Gasteiger partial charge in [0.05, 0.1) is 13.2 Å². The van der Waals surface area contributed by atoms with Gasteiger partial charge in [0, 0.05) is 31.8 Å². The molecule has 5 nitrogen and oxygen atoms in total. The first kappa shape index (κ1) is 20.7. The second-order valence-electron chi connectivity index (χ2n) is 6.55. The van der Waals surface area contributed by atoms with Crippen molar-refractivity contribution in [3.8, 4) is 11.5 Å². The summed E-state index contributed by atoms with van der Waals surface area (Å²) in [5.74, 6) is 3.79. The van der Waals surface area contributed by atoms with E-state index in [1.165, 1.54) is 25.0 Å². The Hall–Kier alpha value is -1.56. The predicted octanol–water partition coefficient (Wildman–Crippen LogP) is 3.82. The maximum absolute atomic E-state index is 6.26. The molecular weight excluding hydrogens is 346 g/mol. The molecule has 0 heterocycles. The van der Waals surface area contributed by atoms with Gasteiger partial charge >= 0.3 is 0 Å². The van der Waals surface area contributed by atoms with Gasteiger partial charge in [-0.3, -0.25) is 4.99 Å². The third-order valence-corrected chi connectivity index (χ3v) is 5.30. The molecular formula is C20H33N3O2S. The van der Waals surface area contributed by atoms with Gasteiger partial charge in [-0.2, -0.15) is 11.8 Å². The van der Waals surface area contributed by atoms with Gasteiger partial charge in [-0.1, -0.05) is 0 Å². The SMILES string of the molecule is CN=C(NCCCCSC)NCc1ccc(OC)cc1OC1CCCC1.